The molecular weight excluding hydrogens is 336 g/mol. The number of anilines is 2. The molecule has 8 nitrogen and oxygen atoms in total. The minimum atomic E-state index is -0.515. The molecule has 26 heavy (non-hydrogen) atoms. The van der Waals surface area contributed by atoms with Crippen LogP contribution in [0.15, 0.2) is 41.2 Å². The molecule has 0 bridgehead atoms. The number of carbonyl (C=O) groups excluding carboxylic acids is 1. The average Bonchev–Trinajstić information content (AvgIpc) is 3.01. The third-order valence-corrected chi connectivity index (χ3v) is 3.96. The first-order valence-corrected chi connectivity index (χ1v) is 8.01. The number of aromatic amines is 2. The summed E-state index contributed by atoms with van der Waals surface area (Å²) in [7, 11) is 3.13. The molecule has 0 unspecified atom stereocenters. The van der Waals surface area contributed by atoms with Gasteiger partial charge in [-0.3, -0.25) is 4.79 Å². The maximum absolute atomic E-state index is 12.5. The van der Waals surface area contributed by atoms with Crippen molar-refractivity contribution in [2.45, 2.75) is 13.0 Å². The molecule has 0 fully saturated rings. The Bertz CT molecular complexity index is 992. The zero-order chi connectivity index (χ0) is 18.7. The summed E-state index contributed by atoms with van der Waals surface area (Å²) in [5, 5.41) is 5.94. The molecule has 3 rings (SSSR count). The van der Waals surface area contributed by atoms with Crippen LogP contribution in [0.4, 0.5) is 11.4 Å². The van der Waals surface area contributed by atoms with E-state index in [1.165, 1.54) is 0 Å². The number of H-pyrrole nitrogens is 2. The summed E-state index contributed by atoms with van der Waals surface area (Å²) in [4.78, 5) is 29.1. The average molecular weight is 356 g/mol. The van der Waals surface area contributed by atoms with Gasteiger partial charge in [0, 0.05) is 11.8 Å². The van der Waals surface area contributed by atoms with Crippen molar-refractivity contribution in [3.05, 3.63) is 46.9 Å². The number of hydrogen-bond donors (Lipinski definition) is 4. The second-order valence-corrected chi connectivity index (χ2v) is 5.76. The second kappa shape index (κ2) is 7.22. The number of rotatable bonds is 6. The van der Waals surface area contributed by atoms with E-state index in [0.29, 0.717) is 33.9 Å². The topological polar surface area (TPSA) is 108 Å². The fraction of sp³-hybridized carbons (Fsp3) is 0.222. The summed E-state index contributed by atoms with van der Waals surface area (Å²) >= 11 is 0. The minimum Gasteiger partial charge on any atom is -0.497 e. The molecular formula is C18H20N4O4. The first-order chi connectivity index (χ1) is 12.5. The van der Waals surface area contributed by atoms with E-state index in [2.05, 4.69) is 20.6 Å². The van der Waals surface area contributed by atoms with Crippen molar-refractivity contribution in [3.8, 4) is 11.5 Å². The van der Waals surface area contributed by atoms with Crippen LogP contribution in [0.3, 0.4) is 0 Å². The van der Waals surface area contributed by atoms with Crippen LogP contribution in [-0.2, 0) is 4.79 Å². The van der Waals surface area contributed by atoms with Gasteiger partial charge in [-0.25, -0.2) is 4.79 Å². The predicted octanol–water partition coefficient (Wildman–Crippen LogP) is 2.31. The molecule has 0 saturated heterocycles. The van der Waals surface area contributed by atoms with Crippen molar-refractivity contribution in [2.24, 2.45) is 0 Å². The van der Waals surface area contributed by atoms with Crippen LogP contribution >= 0.6 is 0 Å². The third kappa shape index (κ3) is 3.64. The van der Waals surface area contributed by atoms with E-state index in [4.69, 9.17) is 9.47 Å². The number of imidazole rings is 1. The van der Waals surface area contributed by atoms with Crippen LogP contribution in [0.5, 0.6) is 11.5 Å². The van der Waals surface area contributed by atoms with Crippen LogP contribution in [-0.4, -0.2) is 36.1 Å². The molecule has 0 aliphatic heterocycles. The number of methoxy groups -OCH3 is 2. The molecule has 1 heterocycles. The Kier molecular flexibility index (Phi) is 4.83. The minimum absolute atomic E-state index is 0.222. The highest BCUT2D eigenvalue weighted by Gasteiger charge is 2.16. The lowest BCUT2D eigenvalue weighted by atomic mass is 10.2. The van der Waals surface area contributed by atoms with Gasteiger partial charge in [0.1, 0.15) is 17.5 Å². The van der Waals surface area contributed by atoms with Gasteiger partial charge < -0.3 is 30.1 Å². The maximum Gasteiger partial charge on any atom is 0.323 e. The number of carbonyl (C=O) groups is 1. The number of fused-ring (bicyclic) bond motifs is 1. The summed E-state index contributed by atoms with van der Waals surface area (Å²) in [5.41, 5.74) is 2.30. The largest absolute Gasteiger partial charge is 0.497 e. The number of nitrogens with one attached hydrogen (secondary N) is 4. The standard InChI is InChI=1S/C18H20N4O4/c1-10(19-14-7-5-12(25-2)9-16(14)26-3)17(23)20-11-4-6-13-15(8-11)22-18(24)21-13/h4-10,19H,1-3H3,(H,20,23)(H2,21,22,24)/t10-/m1/s1. The van der Waals surface area contributed by atoms with Crippen molar-refractivity contribution in [1.29, 1.82) is 0 Å². The smallest absolute Gasteiger partial charge is 0.323 e. The zero-order valence-electron chi connectivity index (χ0n) is 14.7. The Balaban J connectivity index is 1.71. The lowest BCUT2D eigenvalue weighted by Gasteiger charge is -2.18. The van der Waals surface area contributed by atoms with E-state index in [1.807, 2.05) is 0 Å². The molecule has 1 atom stereocenters. The SMILES string of the molecule is COc1ccc(N[C@H](C)C(=O)Nc2ccc3[nH]c(=O)[nH]c3c2)c(OC)c1. The molecule has 0 aliphatic carbocycles. The van der Waals surface area contributed by atoms with E-state index in [0.717, 1.165) is 0 Å². The highest BCUT2D eigenvalue weighted by atomic mass is 16.5. The van der Waals surface area contributed by atoms with Crippen LogP contribution in [0.25, 0.3) is 11.0 Å². The van der Waals surface area contributed by atoms with Gasteiger partial charge in [0.05, 0.1) is 30.9 Å². The van der Waals surface area contributed by atoms with E-state index >= 15 is 0 Å². The summed E-state index contributed by atoms with van der Waals surface area (Å²) in [5.74, 6) is 1.02. The van der Waals surface area contributed by atoms with Gasteiger partial charge in [-0.1, -0.05) is 0 Å². The fourth-order valence-electron chi connectivity index (χ4n) is 2.58. The van der Waals surface area contributed by atoms with E-state index in [9.17, 15) is 9.59 Å². The molecule has 3 aromatic rings. The molecule has 0 saturated carbocycles. The molecule has 4 N–H and O–H groups in total. The highest BCUT2D eigenvalue weighted by molar-refractivity contribution is 5.97. The Labute approximate surface area is 149 Å². The van der Waals surface area contributed by atoms with Gasteiger partial charge >= 0.3 is 5.69 Å². The van der Waals surface area contributed by atoms with Gasteiger partial charge in [-0.2, -0.15) is 0 Å². The summed E-state index contributed by atoms with van der Waals surface area (Å²) in [6, 6.07) is 9.95. The van der Waals surface area contributed by atoms with Gasteiger partial charge in [-0.15, -0.1) is 0 Å². The summed E-state index contributed by atoms with van der Waals surface area (Å²) in [6.07, 6.45) is 0. The Morgan fingerprint density at radius 3 is 2.54 bits per heavy atom. The van der Waals surface area contributed by atoms with Gasteiger partial charge in [-0.05, 0) is 37.3 Å². The normalized spacial score (nSPS) is 11.8. The Hall–Kier alpha value is -3.42. The number of hydrogen-bond acceptors (Lipinski definition) is 5. The number of aromatic nitrogens is 2. The lowest BCUT2D eigenvalue weighted by Crippen LogP contribution is -2.32. The zero-order valence-corrected chi connectivity index (χ0v) is 14.7. The van der Waals surface area contributed by atoms with E-state index < -0.39 is 6.04 Å². The number of ether oxygens (including phenoxy) is 2. The Morgan fingerprint density at radius 1 is 1.04 bits per heavy atom. The van der Waals surface area contributed by atoms with Crippen molar-refractivity contribution in [2.75, 3.05) is 24.9 Å². The van der Waals surface area contributed by atoms with Gasteiger partial charge in [0.25, 0.3) is 0 Å². The number of amides is 1. The molecule has 0 spiro atoms. The van der Waals surface area contributed by atoms with Crippen molar-refractivity contribution >= 4 is 28.3 Å². The van der Waals surface area contributed by atoms with E-state index in [-0.39, 0.29) is 11.6 Å². The van der Waals surface area contributed by atoms with Gasteiger partial charge in [0.15, 0.2) is 0 Å². The monoisotopic (exact) mass is 356 g/mol. The first-order valence-electron chi connectivity index (χ1n) is 8.01. The van der Waals surface area contributed by atoms with Crippen molar-refractivity contribution < 1.29 is 14.3 Å². The molecule has 0 aliphatic rings. The maximum atomic E-state index is 12.5. The van der Waals surface area contributed by atoms with Crippen molar-refractivity contribution in [1.82, 2.24) is 9.97 Å². The summed E-state index contributed by atoms with van der Waals surface area (Å²) in [6.45, 7) is 1.75. The van der Waals surface area contributed by atoms with Gasteiger partial charge in [0.2, 0.25) is 5.91 Å². The van der Waals surface area contributed by atoms with Crippen LogP contribution in [0, 0.1) is 0 Å². The Morgan fingerprint density at radius 2 is 1.81 bits per heavy atom. The quantitative estimate of drug-likeness (QED) is 0.542. The second-order valence-electron chi connectivity index (χ2n) is 5.76. The molecule has 136 valence electrons. The fourth-order valence-corrected chi connectivity index (χ4v) is 2.58. The third-order valence-electron chi connectivity index (χ3n) is 3.96. The lowest BCUT2D eigenvalue weighted by molar-refractivity contribution is -0.116. The molecule has 8 heteroatoms. The molecule has 1 amide bonds. The summed E-state index contributed by atoms with van der Waals surface area (Å²) < 4.78 is 10.5. The predicted molar refractivity (Wildman–Crippen MR) is 100 cm³/mol. The molecule has 2 aromatic carbocycles. The van der Waals surface area contributed by atoms with Crippen LogP contribution in [0.1, 0.15) is 6.92 Å². The van der Waals surface area contributed by atoms with Crippen LogP contribution in [0.2, 0.25) is 0 Å². The van der Waals surface area contributed by atoms with Crippen molar-refractivity contribution in [3.63, 3.8) is 0 Å². The highest BCUT2D eigenvalue weighted by Crippen LogP contribution is 2.29. The first kappa shape index (κ1) is 17.4. The molecule has 1 aromatic heterocycles. The molecule has 0 radical (unpaired) electrons. The number of benzene rings is 2. The van der Waals surface area contributed by atoms with E-state index in [1.54, 1.807) is 57.5 Å². The van der Waals surface area contributed by atoms with Crippen LogP contribution < -0.4 is 25.8 Å².